The predicted octanol–water partition coefficient (Wildman–Crippen LogP) is 9.85. The molecule has 0 saturated carbocycles. The number of carbonyl (C=O) groups is 1. The molecule has 0 bridgehead atoms. The van der Waals surface area contributed by atoms with Crippen LogP contribution in [0.1, 0.15) is 69.5 Å². The van der Waals surface area contributed by atoms with Gasteiger partial charge in [0.15, 0.2) is 5.78 Å². The fourth-order valence-corrected chi connectivity index (χ4v) is 6.09. The summed E-state index contributed by atoms with van der Waals surface area (Å²) >= 11 is 1.79. The van der Waals surface area contributed by atoms with Crippen LogP contribution in [0, 0.1) is 38.7 Å². The van der Waals surface area contributed by atoms with Crippen molar-refractivity contribution in [1.29, 1.82) is 0 Å². The van der Waals surface area contributed by atoms with E-state index in [2.05, 4.69) is 42.0 Å². The molecule has 1 aromatic carbocycles. The van der Waals surface area contributed by atoms with Crippen molar-refractivity contribution in [1.82, 2.24) is 9.97 Å². The number of allylic oxidation sites excluding steroid dienone is 2. The summed E-state index contributed by atoms with van der Waals surface area (Å²) in [6.45, 7) is 14.4. The molecule has 0 spiro atoms. The molecule has 0 unspecified atom stereocenters. The Morgan fingerprint density at radius 3 is 2.34 bits per heavy atom. The van der Waals surface area contributed by atoms with E-state index < -0.39 is 0 Å². The summed E-state index contributed by atoms with van der Waals surface area (Å²) in [5.41, 5.74) is 5.50. The van der Waals surface area contributed by atoms with Crippen molar-refractivity contribution in [3.05, 3.63) is 70.6 Å². The normalized spacial score (nSPS) is 11.8. The molecule has 5 aromatic rings. The molecular weight excluding hydrogens is 709 g/mol. The second kappa shape index (κ2) is 14.4. The van der Waals surface area contributed by atoms with E-state index in [0.717, 1.165) is 59.0 Å². The summed E-state index contributed by atoms with van der Waals surface area (Å²) in [6, 6.07) is 13.5. The van der Waals surface area contributed by atoms with Crippen LogP contribution in [0.2, 0.25) is 0 Å². The molecule has 0 aliphatic heterocycles. The van der Waals surface area contributed by atoms with Crippen molar-refractivity contribution in [3.63, 3.8) is 0 Å². The van der Waals surface area contributed by atoms with E-state index in [1.54, 1.807) is 11.3 Å². The van der Waals surface area contributed by atoms with Gasteiger partial charge in [0, 0.05) is 60.2 Å². The van der Waals surface area contributed by atoms with Crippen molar-refractivity contribution in [2.75, 3.05) is 0 Å². The molecule has 1 N–H and O–H groups in total. The van der Waals surface area contributed by atoms with Gasteiger partial charge in [0.2, 0.25) is 5.71 Å². The van der Waals surface area contributed by atoms with Gasteiger partial charge in [-0.05, 0) is 75.2 Å². The minimum Gasteiger partial charge on any atom is -0.512 e. The van der Waals surface area contributed by atoms with Crippen LogP contribution in [-0.4, -0.2) is 20.9 Å². The average molecular weight is 748 g/mol. The van der Waals surface area contributed by atoms with Gasteiger partial charge in [-0.3, -0.25) is 4.79 Å². The fraction of sp³-hybridized carbons (Fsp3) is 0.382. The number of hydrogen-bond donors (Lipinski definition) is 1. The molecular formula is C34H39IrN2O3S-. The Bertz CT molecular complexity index is 1680. The maximum absolute atomic E-state index is 11.7. The first-order valence-corrected chi connectivity index (χ1v) is 15.0. The Morgan fingerprint density at radius 2 is 1.68 bits per heavy atom. The van der Waals surface area contributed by atoms with Crippen molar-refractivity contribution < 1.29 is 34.4 Å². The minimum atomic E-state index is 0. The van der Waals surface area contributed by atoms with Gasteiger partial charge >= 0.3 is 0 Å². The van der Waals surface area contributed by atoms with Crippen molar-refractivity contribution in [2.45, 2.75) is 74.1 Å². The Kier molecular flexibility index (Phi) is 11.4. The van der Waals surface area contributed by atoms with Crippen LogP contribution >= 0.6 is 11.3 Å². The van der Waals surface area contributed by atoms with Gasteiger partial charge < -0.3 is 14.5 Å². The molecule has 1 radical (unpaired) electrons. The zero-order chi connectivity index (χ0) is 29.0. The van der Waals surface area contributed by atoms with E-state index in [-0.39, 0.29) is 43.5 Å². The maximum Gasteiger partial charge on any atom is 0.216 e. The van der Waals surface area contributed by atoms with Crippen molar-refractivity contribution in [3.8, 4) is 11.3 Å². The zero-order valence-corrected chi connectivity index (χ0v) is 28.1. The predicted molar refractivity (Wildman–Crippen MR) is 167 cm³/mol. The topological polar surface area (TPSA) is 76.2 Å². The zero-order valence-electron chi connectivity index (χ0n) is 24.9. The number of hydrogen-bond acceptors (Lipinski definition) is 6. The molecule has 41 heavy (non-hydrogen) atoms. The monoisotopic (exact) mass is 748 g/mol. The van der Waals surface area contributed by atoms with Crippen LogP contribution in [0.3, 0.4) is 0 Å². The number of rotatable bonds is 8. The quantitative estimate of drug-likeness (QED) is 0.0972. The minimum absolute atomic E-state index is 0. The van der Waals surface area contributed by atoms with Gasteiger partial charge in [-0.25, -0.2) is 4.98 Å². The van der Waals surface area contributed by atoms with Gasteiger partial charge in [0.1, 0.15) is 0 Å². The summed E-state index contributed by atoms with van der Waals surface area (Å²) in [5.74, 6) is 0.547. The molecule has 4 aromatic heterocycles. The number of thiophene rings is 1. The third-order valence-electron chi connectivity index (χ3n) is 7.84. The van der Waals surface area contributed by atoms with E-state index >= 15 is 0 Å². The second-order valence-electron chi connectivity index (χ2n) is 10.4. The molecule has 0 saturated heterocycles. The van der Waals surface area contributed by atoms with Gasteiger partial charge in [-0.15, -0.1) is 29.5 Å². The third kappa shape index (κ3) is 6.97. The molecule has 7 heteroatoms. The number of nitrogens with zero attached hydrogens (tertiary/aromatic N) is 2. The molecule has 219 valence electrons. The number of aliphatic hydroxyl groups is 1. The fourth-order valence-electron chi connectivity index (χ4n) is 5.07. The van der Waals surface area contributed by atoms with Crippen molar-refractivity contribution in [2.24, 2.45) is 11.8 Å². The first-order valence-electron chi connectivity index (χ1n) is 14.2. The first-order chi connectivity index (χ1) is 19.2. The second-order valence-corrected chi connectivity index (χ2v) is 11.6. The van der Waals surface area contributed by atoms with Crippen molar-refractivity contribution >= 4 is 49.3 Å². The van der Waals surface area contributed by atoms with Gasteiger partial charge in [-0.2, -0.15) is 0 Å². The Hall–Kier alpha value is -2.86. The number of benzene rings is 1. The summed E-state index contributed by atoms with van der Waals surface area (Å²) in [5, 5.41) is 13.1. The number of fused-ring (bicyclic) bond motifs is 4. The van der Waals surface area contributed by atoms with Crippen LogP contribution < -0.4 is 0 Å². The largest absolute Gasteiger partial charge is 0.512 e. The number of aromatic nitrogens is 2. The van der Waals surface area contributed by atoms with E-state index in [1.807, 2.05) is 59.0 Å². The van der Waals surface area contributed by atoms with Crippen LogP contribution in [0.15, 0.2) is 52.8 Å². The summed E-state index contributed by atoms with van der Waals surface area (Å²) in [7, 11) is 0. The van der Waals surface area contributed by atoms with Crippen LogP contribution in [-0.2, 0) is 24.9 Å². The Balaban J connectivity index is 0.000000253. The molecule has 4 heterocycles. The molecule has 0 amide bonds. The standard InChI is InChI=1S/C21H15N2OS.C13H24O2.Ir/c1-11-7-8-15-14-5-4-6-16(20(14)24-21(15)23-11)18-9-17-12(2)13(3)25-19(17)10-22-18;1-5-10(6-2)12(14)9-13(15)11(7-3)8-4;/h4-5,7-10H,1-3H3;9-11,14H,5-8H2,1-4H3;/q-1;;/b;12-9-;. The number of furan rings is 1. The number of aryl methyl sites for hydroxylation is 3. The molecule has 0 atom stereocenters. The van der Waals surface area contributed by atoms with Gasteiger partial charge in [0.25, 0.3) is 0 Å². The summed E-state index contributed by atoms with van der Waals surface area (Å²) in [6.07, 6.45) is 6.86. The summed E-state index contributed by atoms with van der Waals surface area (Å²) in [4.78, 5) is 22.2. The molecule has 0 aliphatic rings. The molecule has 0 aliphatic carbocycles. The number of pyridine rings is 2. The Morgan fingerprint density at radius 1 is 1.00 bits per heavy atom. The van der Waals surface area contributed by atoms with E-state index in [0.29, 0.717) is 5.71 Å². The maximum atomic E-state index is 11.7. The SMILES string of the molecule is CCC(CC)C(=O)/C=C(\O)C(CC)CC.Cc1ccc2c(n1)oc1c(-c3cc4c(C)c(C)sc4cn3)[c-]ccc12.[Ir]. The van der Waals surface area contributed by atoms with E-state index in [1.165, 1.54) is 26.6 Å². The molecule has 5 rings (SSSR count). The number of carbonyl (C=O) groups excluding carboxylic acids is 1. The van der Waals surface area contributed by atoms with E-state index in [4.69, 9.17) is 4.42 Å². The average Bonchev–Trinajstić information content (AvgIpc) is 3.45. The smallest absolute Gasteiger partial charge is 0.216 e. The van der Waals surface area contributed by atoms with E-state index in [9.17, 15) is 9.90 Å². The number of ketones is 1. The first kappa shape index (κ1) is 32.7. The van der Waals surface area contributed by atoms with Gasteiger partial charge in [-0.1, -0.05) is 44.7 Å². The van der Waals surface area contributed by atoms with Crippen LogP contribution in [0.4, 0.5) is 0 Å². The van der Waals surface area contributed by atoms with Crippen LogP contribution in [0.5, 0.6) is 0 Å². The third-order valence-corrected chi connectivity index (χ3v) is 9.00. The van der Waals surface area contributed by atoms with Crippen LogP contribution in [0.25, 0.3) is 43.4 Å². The van der Waals surface area contributed by atoms with Gasteiger partial charge in [0.05, 0.1) is 16.0 Å². The Labute approximate surface area is 260 Å². The molecule has 0 fully saturated rings. The summed E-state index contributed by atoms with van der Waals surface area (Å²) < 4.78 is 7.30. The number of aliphatic hydroxyl groups excluding tert-OH is 1. The molecule has 5 nitrogen and oxygen atoms in total.